The van der Waals surface area contributed by atoms with Crippen LogP contribution in [-0.4, -0.2) is 10.1 Å². The predicted molar refractivity (Wildman–Crippen MR) is 44.2 cm³/mol. The van der Waals surface area contributed by atoms with Crippen LogP contribution in [0.1, 0.15) is 25.1 Å². The zero-order chi connectivity index (χ0) is 9.19. The number of nitriles is 1. The molecule has 0 fully saturated rings. The maximum Gasteiger partial charge on any atom is 0.140 e. The van der Waals surface area contributed by atoms with Crippen LogP contribution in [0.5, 0.6) is 0 Å². The molecule has 0 aliphatic heterocycles. The minimum atomic E-state index is -0.908. The highest BCUT2D eigenvalue weighted by atomic mass is 16.3. The van der Waals surface area contributed by atoms with Crippen LogP contribution in [0.4, 0.5) is 0 Å². The smallest absolute Gasteiger partial charge is 0.140 e. The molecule has 0 radical (unpaired) electrons. The first-order valence-electron chi connectivity index (χ1n) is 3.63. The third-order valence-electron chi connectivity index (χ3n) is 1.58. The molecular weight excluding hydrogens is 152 g/mol. The average Bonchev–Trinajstić information content (AvgIpc) is 2.03. The molecule has 0 amide bonds. The Kier molecular flexibility index (Phi) is 2.11. The third-order valence-corrected chi connectivity index (χ3v) is 1.58. The van der Waals surface area contributed by atoms with Gasteiger partial charge in [0.25, 0.3) is 0 Å². The van der Waals surface area contributed by atoms with E-state index in [4.69, 9.17) is 5.26 Å². The Morgan fingerprint density at radius 3 is 2.75 bits per heavy atom. The summed E-state index contributed by atoms with van der Waals surface area (Å²) in [5.41, 5.74) is 0.123. The summed E-state index contributed by atoms with van der Waals surface area (Å²) in [5, 5.41) is 18.1. The quantitative estimate of drug-likeness (QED) is 0.674. The van der Waals surface area contributed by atoms with Crippen molar-refractivity contribution in [1.29, 1.82) is 5.26 Å². The van der Waals surface area contributed by atoms with E-state index in [1.54, 1.807) is 26.0 Å². The van der Waals surface area contributed by atoms with E-state index >= 15 is 0 Å². The average molecular weight is 162 g/mol. The minimum absolute atomic E-state index is 0.328. The van der Waals surface area contributed by atoms with Crippen LogP contribution >= 0.6 is 0 Å². The number of aromatic nitrogens is 1. The molecule has 0 aromatic carbocycles. The number of hydrogen-bond acceptors (Lipinski definition) is 3. The van der Waals surface area contributed by atoms with Crippen molar-refractivity contribution in [2.75, 3.05) is 0 Å². The molecule has 0 unspecified atom stereocenters. The molecule has 62 valence electrons. The summed E-state index contributed by atoms with van der Waals surface area (Å²) in [7, 11) is 0. The second-order valence-electron chi connectivity index (χ2n) is 3.10. The molecule has 0 aliphatic carbocycles. The van der Waals surface area contributed by atoms with E-state index in [-0.39, 0.29) is 0 Å². The minimum Gasteiger partial charge on any atom is -0.386 e. The lowest BCUT2D eigenvalue weighted by Crippen LogP contribution is -2.15. The maximum atomic E-state index is 9.57. The fraction of sp³-hybridized carbons (Fsp3) is 0.333. The molecule has 1 aromatic rings. The summed E-state index contributed by atoms with van der Waals surface area (Å²) in [5.74, 6) is 0. The van der Waals surface area contributed by atoms with Gasteiger partial charge in [-0.05, 0) is 31.5 Å². The van der Waals surface area contributed by atoms with E-state index in [0.717, 1.165) is 0 Å². The highest BCUT2D eigenvalue weighted by Crippen LogP contribution is 2.18. The Balaban J connectivity index is 3.13. The Bertz CT molecular complexity index is 320. The molecular formula is C9H10N2O. The van der Waals surface area contributed by atoms with Crippen molar-refractivity contribution < 1.29 is 5.11 Å². The predicted octanol–water partition coefficient (Wildman–Crippen LogP) is 1.18. The highest BCUT2D eigenvalue weighted by Gasteiger charge is 2.15. The van der Waals surface area contributed by atoms with E-state index in [2.05, 4.69) is 4.98 Å². The van der Waals surface area contributed by atoms with Gasteiger partial charge in [0.15, 0.2) is 0 Å². The summed E-state index contributed by atoms with van der Waals surface area (Å²) >= 11 is 0. The number of nitrogens with zero attached hydrogens (tertiary/aromatic N) is 2. The van der Waals surface area contributed by atoms with Gasteiger partial charge in [0.2, 0.25) is 0 Å². The lowest BCUT2D eigenvalue weighted by molar-refractivity contribution is 0.0785. The topological polar surface area (TPSA) is 56.9 Å². The molecule has 3 nitrogen and oxygen atoms in total. The first kappa shape index (κ1) is 8.69. The van der Waals surface area contributed by atoms with Gasteiger partial charge >= 0.3 is 0 Å². The van der Waals surface area contributed by atoms with Gasteiger partial charge < -0.3 is 5.11 Å². The van der Waals surface area contributed by atoms with Crippen LogP contribution < -0.4 is 0 Å². The summed E-state index contributed by atoms with van der Waals surface area (Å²) in [4.78, 5) is 3.80. The van der Waals surface area contributed by atoms with E-state index < -0.39 is 5.60 Å². The van der Waals surface area contributed by atoms with Gasteiger partial charge in [-0.3, -0.25) is 0 Å². The van der Waals surface area contributed by atoms with Gasteiger partial charge in [-0.25, -0.2) is 4.98 Å². The van der Waals surface area contributed by atoms with Crippen LogP contribution in [0, 0.1) is 11.3 Å². The first-order valence-corrected chi connectivity index (χ1v) is 3.63. The Morgan fingerprint density at radius 2 is 2.25 bits per heavy atom. The van der Waals surface area contributed by atoms with Crippen molar-refractivity contribution in [3.63, 3.8) is 0 Å². The van der Waals surface area contributed by atoms with E-state index in [1.807, 2.05) is 6.07 Å². The molecule has 1 heterocycles. The zero-order valence-corrected chi connectivity index (χ0v) is 7.07. The van der Waals surface area contributed by atoms with Gasteiger partial charge in [-0.1, -0.05) is 0 Å². The van der Waals surface area contributed by atoms with Gasteiger partial charge in [0.05, 0.1) is 5.60 Å². The van der Waals surface area contributed by atoms with Crippen molar-refractivity contribution in [2.24, 2.45) is 0 Å². The number of pyridine rings is 1. The molecule has 1 N–H and O–H groups in total. The van der Waals surface area contributed by atoms with E-state index in [1.165, 1.54) is 6.20 Å². The Morgan fingerprint density at radius 1 is 1.58 bits per heavy atom. The Hall–Kier alpha value is -1.40. The molecule has 0 spiro atoms. The second-order valence-corrected chi connectivity index (χ2v) is 3.10. The van der Waals surface area contributed by atoms with Gasteiger partial charge in [-0.2, -0.15) is 5.26 Å². The molecule has 1 aromatic heterocycles. The zero-order valence-electron chi connectivity index (χ0n) is 7.07. The highest BCUT2D eigenvalue weighted by molar-refractivity contribution is 5.28. The molecule has 0 bridgehead atoms. The van der Waals surface area contributed by atoms with Crippen molar-refractivity contribution in [1.82, 2.24) is 4.98 Å². The molecule has 1 rings (SSSR count). The first-order chi connectivity index (χ1) is 5.54. The van der Waals surface area contributed by atoms with Crippen molar-refractivity contribution in [3.05, 3.63) is 29.6 Å². The number of hydrogen-bond donors (Lipinski definition) is 1. The SMILES string of the molecule is CC(C)(O)c1ccnc(C#N)c1. The third kappa shape index (κ3) is 1.80. The normalized spacial score (nSPS) is 10.8. The van der Waals surface area contributed by atoms with Crippen LogP contribution in [0.25, 0.3) is 0 Å². The largest absolute Gasteiger partial charge is 0.386 e. The molecule has 3 heteroatoms. The molecule has 0 aliphatic rings. The summed E-state index contributed by atoms with van der Waals surface area (Å²) < 4.78 is 0. The monoisotopic (exact) mass is 162 g/mol. The fourth-order valence-electron chi connectivity index (χ4n) is 0.872. The van der Waals surface area contributed by atoms with Crippen LogP contribution in [0.3, 0.4) is 0 Å². The summed E-state index contributed by atoms with van der Waals surface area (Å²) in [6.45, 7) is 3.34. The van der Waals surface area contributed by atoms with Crippen molar-refractivity contribution in [2.45, 2.75) is 19.4 Å². The van der Waals surface area contributed by atoms with Crippen LogP contribution in [0.15, 0.2) is 18.3 Å². The molecule has 0 saturated heterocycles. The molecule has 0 saturated carbocycles. The summed E-state index contributed by atoms with van der Waals surface area (Å²) in [6.07, 6.45) is 1.52. The van der Waals surface area contributed by atoms with Gasteiger partial charge in [0.1, 0.15) is 11.8 Å². The molecule has 12 heavy (non-hydrogen) atoms. The second kappa shape index (κ2) is 2.92. The summed E-state index contributed by atoms with van der Waals surface area (Å²) in [6, 6.07) is 5.20. The molecule has 0 atom stereocenters. The van der Waals surface area contributed by atoms with Gasteiger partial charge in [-0.15, -0.1) is 0 Å². The lowest BCUT2D eigenvalue weighted by Gasteiger charge is -2.16. The van der Waals surface area contributed by atoms with Crippen LogP contribution in [0.2, 0.25) is 0 Å². The lowest BCUT2D eigenvalue weighted by atomic mass is 9.99. The van der Waals surface area contributed by atoms with Crippen molar-refractivity contribution >= 4 is 0 Å². The number of rotatable bonds is 1. The van der Waals surface area contributed by atoms with Crippen molar-refractivity contribution in [3.8, 4) is 6.07 Å². The standard InChI is InChI=1S/C9H10N2O/c1-9(2,12)7-3-4-11-8(5-7)6-10/h3-5,12H,1-2H3. The number of aliphatic hydroxyl groups is 1. The Labute approximate surface area is 71.3 Å². The fourth-order valence-corrected chi connectivity index (χ4v) is 0.872. The van der Waals surface area contributed by atoms with Crippen LogP contribution in [-0.2, 0) is 5.60 Å². The van der Waals surface area contributed by atoms with Gasteiger partial charge in [0, 0.05) is 6.20 Å². The van der Waals surface area contributed by atoms with E-state index in [0.29, 0.717) is 11.3 Å². The maximum absolute atomic E-state index is 9.57. The van der Waals surface area contributed by atoms with E-state index in [9.17, 15) is 5.11 Å².